The van der Waals surface area contributed by atoms with Gasteiger partial charge in [-0.05, 0) is 12.8 Å². The molecule has 3 heteroatoms. The number of aliphatic hydroxyl groups is 1. The molecule has 13 heavy (non-hydrogen) atoms. The van der Waals surface area contributed by atoms with E-state index in [9.17, 15) is 5.11 Å². The Hall–Kier alpha value is -1.27. The van der Waals surface area contributed by atoms with Crippen molar-refractivity contribution in [3.8, 4) is 12.3 Å². The number of aromatic nitrogens is 2. The lowest BCUT2D eigenvalue weighted by Crippen LogP contribution is -1.95. The molecule has 0 saturated carbocycles. The molecule has 3 nitrogen and oxygen atoms in total. The molecule has 1 aromatic heterocycles. The molecule has 0 aliphatic heterocycles. The molecule has 0 fully saturated rings. The number of hydrogen-bond donors (Lipinski definition) is 1. The largest absolute Gasteiger partial charge is 0.388 e. The van der Waals surface area contributed by atoms with E-state index in [1.807, 2.05) is 13.2 Å². The van der Waals surface area contributed by atoms with E-state index in [4.69, 9.17) is 6.42 Å². The minimum atomic E-state index is -0.429. The van der Waals surface area contributed by atoms with Crippen LogP contribution in [-0.4, -0.2) is 14.9 Å². The van der Waals surface area contributed by atoms with Crippen molar-refractivity contribution < 1.29 is 5.11 Å². The number of aryl methyl sites for hydroxylation is 1. The van der Waals surface area contributed by atoms with Crippen LogP contribution in [0.15, 0.2) is 12.4 Å². The Kier molecular flexibility index (Phi) is 3.53. The third-order valence-electron chi connectivity index (χ3n) is 1.91. The minimum absolute atomic E-state index is 0.429. The third kappa shape index (κ3) is 2.92. The van der Waals surface area contributed by atoms with Crippen LogP contribution in [0.25, 0.3) is 0 Å². The number of aliphatic hydroxyl groups excluding tert-OH is 1. The Morgan fingerprint density at radius 1 is 1.77 bits per heavy atom. The lowest BCUT2D eigenvalue weighted by molar-refractivity contribution is 0.165. The summed E-state index contributed by atoms with van der Waals surface area (Å²) in [4.78, 5) is 0. The van der Waals surface area contributed by atoms with Crippen molar-refractivity contribution >= 4 is 0 Å². The molecule has 1 heterocycles. The van der Waals surface area contributed by atoms with Crippen molar-refractivity contribution in [3.63, 3.8) is 0 Å². The summed E-state index contributed by atoms with van der Waals surface area (Å²) in [5, 5.41) is 13.6. The van der Waals surface area contributed by atoms with Crippen LogP contribution in [0, 0.1) is 12.3 Å². The monoisotopic (exact) mass is 178 g/mol. The maximum absolute atomic E-state index is 9.64. The molecule has 1 aromatic rings. The molecule has 1 unspecified atom stereocenters. The first-order chi connectivity index (χ1) is 6.24. The zero-order valence-corrected chi connectivity index (χ0v) is 7.77. The maximum atomic E-state index is 9.64. The zero-order valence-electron chi connectivity index (χ0n) is 7.77. The minimum Gasteiger partial charge on any atom is -0.388 e. The van der Waals surface area contributed by atoms with Crippen LogP contribution in [0.1, 0.15) is 30.9 Å². The molecule has 70 valence electrons. The molecule has 0 bridgehead atoms. The lowest BCUT2D eigenvalue weighted by Gasteiger charge is -2.05. The molecule has 0 spiro atoms. The van der Waals surface area contributed by atoms with Gasteiger partial charge in [0.2, 0.25) is 0 Å². The van der Waals surface area contributed by atoms with Gasteiger partial charge in [-0.2, -0.15) is 5.10 Å². The first-order valence-corrected chi connectivity index (χ1v) is 4.34. The normalized spacial score (nSPS) is 12.4. The first kappa shape index (κ1) is 9.82. The average molecular weight is 178 g/mol. The van der Waals surface area contributed by atoms with Crippen LogP contribution in [0.3, 0.4) is 0 Å². The Morgan fingerprint density at radius 2 is 2.54 bits per heavy atom. The van der Waals surface area contributed by atoms with Gasteiger partial charge in [0.1, 0.15) is 0 Å². The van der Waals surface area contributed by atoms with Gasteiger partial charge < -0.3 is 5.11 Å². The summed E-state index contributed by atoms with van der Waals surface area (Å²) in [7, 11) is 1.83. The van der Waals surface area contributed by atoms with Crippen molar-refractivity contribution in [2.45, 2.75) is 25.4 Å². The van der Waals surface area contributed by atoms with E-state index >= 15 is 0 Å². The van der Waals surface area contributed by atoms with Crippen LogP contribution in [0.5, 0.6) is 0 Å². The fraction of sp³-hybridized carbons (Fsp3) is 0.500. The second-order valence-electron chi connectivity index (χ2n) is 3.06. The summed E-state index contributed by atoms with van der Waals surface area (Å²) in [6.07, 6.45) is 10.5. The molecule has 0 radical (unpaired) electrons. The van der Waals surface area contributed by atoms with Gasteiger partial charge in [-0.1, -0.05) is 0 Å². The fourth-order valence-electron chi connectivity index (χ4n) is 1.18. The molecule has 0 aromatic carbocycles. The number of unbranched alkanes of at least 4 members (excludes halogenated alkanes) is 1. The number of nitrogens with zero attached hydrogens (tertiary/aromatic N) is 2. The van der Waals surface area contributed by atoms with Crippen LogP contribution in [0.4, 0.5) is 0 Å². The molecule has 0 aliphatic rings. The van der Waals surface area contributed by atoms with Gasteiger partial charge in [0.15, 0.2) is 0 Å². The molecular formula is C10H14N2O. The fourth-order valence-corrected chi connectivity index (χ4v) is 1.18. The summed E-state index contributed by atoms with van der Waals surface area (Å²) in [6, 6.07) is 0. The van der Waals surface area contributed by atoms with Crippen LogP contribution < -0.4 is 0 Å². The quantitative estimate of drug-likeness (QED) is 0.556. The van der Waals surface area contributed by atoms with E-state index in [0.717, 1.165) is 18.4 Å². The summed E-state index contributed by atoms with van der Waals surface area (Å²) in [5.41, 5.74) is 0.861. The van der Waals surface area contributed by atoms with Crippen LogP contribution in [-0.2, 0) is 7.05 Å². The average Bonchev–Trinajstić information content (AvgIpc) is 2.52. The number of hydrogen-bond acceptors (Lipinski definition) is 2. The van der Waals surface area contributed by atoms with Gasteiger partial charge in [-0.25, -0.2) is 0 Å². The van der Waals surface area contributed by atoms with Crippen molar-refractivity contribution in [1.29, 1.82) is 0 Å². The number of terminal acetylenes is 1. The molecule has 0 aliphatic carbocycles. The van der Waals surface area contributed by atoms with Gasteiger partial charge in [0.05, 0.1) is 12.3 Å². The van der Waals surface area contributed by atoms with Gasteiger partial charge in [0.25, 0.3) is 0 Å². The second-order valence-corrected chi connectivity index (χ2v) is 3.06. The van der Waals surface area contributed by atoms with E-state index in [1.165, 1.54) is 0 Å². The molecular weight excluding hydrogens is 164 g/mol. The highest BCUT2D eigenvalue weighted by molar-refractivity contribution is 5.07. The predicted molar refractivity (Wildman–Crippen MR) is 50.9 cm³/mol. The van der Waals surface area contributed by atoms with Crippen molar-refractivity contribution in [2.75, 3.05) is 0 Å². The summed E-state index contributed by atoms with van der Waals surface area (Å²) in [5.74, 6) is 2.55. The molecule has 0 amide bonds. The number of rotatable bonds is 4. The van der Waals surface area contributed by atoms with Crippen molar-refractivity contribution in [2.24, 2.45) is 7.05 Å². The summed E-state index contributed by atoms with van der Waals surface area (Å²) in [6.45, 7) is 0. The zero-order chi connectivity index (χ0) is 9.68. The van der Waals surface area contributed by atoms with E-state index in [1.54, 1.807) is 10.9 Å². The Balaban J connectivity index is 2.40. The standard InChI is InChI=1S/C10H14N2O/c1-3-4-5-6-10(13)9-7-11-12(2)8-9/h1,7-8,10,13H,4-6H2,2H3. The molecule has 1 atom stereocenters. The molecule has 0 saturated heterocycles. The Bertz CT molecular complexity index is 298. The highest BCUT2D eigenvalue weighted by atomic mass is 16.3. The topological polar surface area (TPSA) is 38.1 Å². The summed E-state index contributed by atoms with van der Waals surface area (Å²) < 4.78 is 1.68. The third-order valence-corrected chi connectivity index (χ3v) is 1.91. The first-order valence-electron chi connectivity index (χ1n) is 4.34. The van der Waals surface area contributed by atoms with E-state index in [2.05, 4.69) is 11.0 Å². The van der Waals surface area contributed by atoms with Gasteiger partial charge in [-0.3, -0.25) is 4.68 Å². The van der Waals surface area contributed by atoms with Crippen LogP contribution >= 0.6 is 0 Å². The summed E-state index contributed by atoms with van der Waals surface area (Å²) >= 11 is 0. The van der Waals surface area contributed by atoms with Crippen molar-refractivity contribution in [3.05, 3.63) is 18.0 Å². The van der Waals surface area contributed by atoms with E-state index in [0.29, 0.717) is 6.42 Å². The highest BCUT2D eigenvalue weighted by Gasteiger charge is 2.07. The van der Waals surface area contributed by atoms with Gasteiger partial charge in [0, 0.05) is 25.2 Å². The van der Waals surface area contributed by atoms with E-state index in [-0.39, 0.29) is 0 Å². The molecule has 1 N–H and O–H groups in total. The van der Waals surface area contributed by atoms with Gasteiger partial charge >= 0.3 is 0 Å². The second kappa shape index (κ2) is 4.68. The van der Waals surface area contributed by atoms with Crippen molar-refractivity contribution in [1.82, 2.24) is 9.78 Å². The maximum Gasteiger partial charge on any atom is 0.0820 e. The lowest BCUT2D eigenvalue weighted by atomic mass is 10.1. The van der Waals surface area contributed by atoms with Crippen LogP contribution in [0.2, 0.25) is 0 Å². The Labute approximate surface area is 78.4 Å². The SMILES string of the molecule is C#CCCCC(O)c1cnn(C)c1. The van der Waals surface area contributed by atoms with Gasteiger partial charge in [-0.15, -0.1) is 12.3 Å². The Morgan fingerprint density at radius 3 is 3.08 bits per heavy atom. The predicted octanol–water partition coefficient (Wildman–Crippen LogP) is 1.26. The van der Waals surface area contributed by atoms with E-state index < -0.39 is 6.10 Å². The smallest absolute Gasteiger partial charge is 0.0820 e. The molecule has 1 rings (SSSR count). The highest BCUT2D eigenvalue weighted by Crippen LogP contribution is 2.17.